The van der Waals surface area contributed by atoms with Gasteiger partial charge in [-0.3, -0.25) is 0 Å². The quantitative estimate of drug-likeness (QED) is 0.826. The molecule has 2 aromatic carbocycles. The van der Waals surface area contributed by atoms with Gasteiger partial charge in [-0.15, -0.1) is 0 Å². The Balaban J connectivity index is 2.24. The van der Waals surface area contributed by atoms with E-state index in [-0.39, 0.29) is 6.61 Å². The lowest BCUT2D eigenvalue weighted by atomic mass is 10.0. The molecule has 0 unspecified atom stereocenters. The highest BCUT2D eigenvalue weighted by molar-refractivity contribution is 9.10. The van der Waals surface area contributed by atoms with E-state index in [0.717, 1.165) is 22.0 Å². The fourth-order valence-corrected chi connectivity index (χ4v) is 2.69. The van der Waals surface area contributed by atoms with Crippen LogP contribution in [0.3, 0.4) is 0 Å². The van der Waals surface area contributed by atoms with Crippen molar-refractivity contribution in [3.63, 3.8) is 0 Å². The van der Waals surface area contributed by atoms with Crippen molar-refractivity contribution < 1.29 is 5.11 Å². The molecular formula is C17H19BrO. The Morgan fingerprint density at radius 2 is 1.68 bits per heavy atom. The average Bonchev–Trinajstić information content (AvgIpc) is 2.45. The van der Waals surface area contributed by atoms with E-state index < -0.39 is 0 Å². The van der Waals surface area contributed by atoms with E-state index in [4.69, 9.17) is 0 Å². The third-order valence-electron chi connectivity index (χ3n) is 3.25. The average molecular weight is 319 g/mol. The summed E-state index contributed by atoms with van der Waals surface area (Å²) in [5.74, 6) is 0. The van der Waals surface area contributed by atoms with Crippen LogP contribution in [0.4, 0.5) is 0 Å². The minimum atomic E-state index is 0.0705. The van der Waals surface area contributed by atoms with Crippen LogP contribution < -0.4 is 0 Å². The molecule has 1 nitrogen and oxygen atoms in total. The van der Waals surface area contributed by atoms with Crippen LogP contribution in [-0.2, 0) is 13.0 Å². The topological polar surface area (TPSA) is 20.2 Å². The van der Waals surface area contributed by atoms with Crippen LogP contribution in [0.5, 0.6) is 0 Å². The van der Waals surface area contributed by atoms with Crippen LogP contribution in [-0.4, -0.2) is 5.11 Å². The monoisotopic (exact) mass is 318 g/mol. The molecular weight excluding hydrogens is 300 g/mol. The van der Waals surface area contributed by atoms with E-state index in [1.807, 2.05) is 12.1 Å². The third-order valence-corrected chi connectivity index (χ3v) is 3.70. The number of aryl methyl sites for hydroxylation is 1. The van der Waals surface area contributed by atoms with Crippen LogP contribution in [0.15, 0.2) is 46.9 Å². The van der Waals surface area contributed by atoms with Gasteiger partial charge in [0.25, 0.3) is 0 Å². The largest absolute Gasteiger partial charge is 0.392 e. The van der Waals surface area contributed by atoms with Gasteiger partial charge in [0.1, 0.15) is 0 Å². The first-order valence-corrected chi connectivity index (χ1v) is 7.52. The first-order valence-electron chi connectivity index (χ1n) is 6.72. The second-order valence-corrected chi connectivity index (χ2v) is 5.72. The number of benzene rings is 2. The first-order chi connectivity index (χ1) is 9.22. The zero-order chi connectivity index (χ0) is 13.7. The Morgan fingerprint density at radius 3 is 2.32 bits per heavy atom. The van der Waals surface area contributed by atoms with Gasteiger partial charge in [-0.2, -0.15) is 0 Å². The summed E-state index contributed by atoms with van der Waals surface area (Å²) in [6.45, 7) is 2.29. The molecule has 0 heterocycles. The highest BCUT2D eigenvalue weighted by Crippen LogP contribution is 2.25. The summed E-state index contributed by atoms with van der Waals surface area (Å²) in [5, 5.41) is 9.25. The fraction of sp³-hybridized carbons (Fsp3) is 0.294. The van der Waals surface area contributed by atoms with Crippen LogP contribution in [0.1, 0.15) is 30.9 Å². The number of aliphatic hydroxyl groups is 1. The molecule has 0 amide bonds. The summed E-state index contributed by atoms with van der Waals surface area (Å²) in [6.07, 6.45) is 3.62. The van der Waals surface area contributed by atoms with Gasteiger partial charge in [-0.1, -0.05) is 53.5 Å². The molecule has 19 heavy (non-hydrogen) atoms. The highest BCUT2D eigenvalue weighted by Gasteiger charge is 2.02. The summed E-state index contributed by atoms with van der Waals surface area (Å²) in [7, 11) is 0. The molecule has 2 aromatic rings. The van der Waals surface area contributed by atoms with Gasteiger partial charge in [0.05, 0.1) is 6.61 Å². The molecule has 0 aliphatic rings. The summed E-state index contributed by atoms with van der Waals surface area (Å²) in [6, 6.07) is 14.8. The lowest BCUT2D eigenvalue weighted by Gasteiger charge is -2.07. The van der Waals surface area contributed by atoms with Crippen molar-refractivity contribution in [2.45, 2.75) is 32.8 Å². The normalized spacial score (nSPS) is 10.7. The maximum Gasteiger partial charge on any atom is 0.0682 e. The Bertz CT molecular complexity index is 531. The molecule has 2 heteroatoms. The summed E-state index contributed by atoms with van der Waals surface area (Å²) in [4.78, 5) is 0. The molecule has 0 bridgehead atoms. The maximum absolute atomic E-state index is 9.25. The molecule has 1 N–H and O–H groups in total. The van der Waals surface area contributed by atoms with Crippen molar-refractivity contribution in [2.24, 2.45) is 0 Å². The summed E-state index contributed by atoms with van der Waals surface area (Å²) in [5.41, 5.74) is 4.65. The van der Waals surface area contributed by atoms with Crippen LogP contribution in [0, 0.1) is 0 Å². The van der Waals surface area contributed by atoms with Gasteiger partial charge in [-0.05, 0) is 53.3 Å². The Morgan fingerprint density at radius 1 is 0.947 bits per heavy atom. The minimum Gasteiger partial charge on any atom is -0.392 e. The van der Waals surface area contributed by atoms with E-state index in [2.05, 4.69) is 53.2 Å². The van der Waals surface area contributed by atoms with Gasteiger partial charge in [-0.25, -0.2) is 0 Å². The van der Waals surface area contributed by atoms with Crippen molar-refractivity contribution in [2.75, 3.05) is 0 Å². The lowest BCUT2D eigenvalue weighted by Crippen LogP contribution is -1.88. The molecule has 100 valence electrons. The molecule has 0 aliphatic carbocycles. The summed E-state index contributed by atoms with van der Waals surface area (Å²) < 4.78 is 1.00. The number of hydrogen-bond acceptors (Lipinski definition) is 1. The molecule has 0 fully saturated rings. The molecule has 0 atom stereocenters. The van der Waals surface area contributed by atoms with E-state index in [0.29, 0.717) is 0 Å². The van der Waals surface area contributed by atoms with Gasteiger partial charge < -0.3 is 5.11 Å². The van der Waals surface area contributed by atoms with E-state index in [1.165, 1.54) is 24.0 Å². The Hall–Kier alpha value is -1.12. The number of hydrogen-bond donors (Lipinski definition) is 1. The number of rotatable bonds is 5. The Labute approximate surface area is 123 Å². The van der Waals surface area contributed by atoms with Crippen molar-refractivity contribution >= 4 is 15.9 Å². The van der Waals surface area contributed by atoms with E-state index in [9.17, 15) is 5.11 Å². The van der Waals surface area contributed by atoms with Crippen molar-refractivity contribution in [3.05, 3.63) is 58.1 Å². The minimum absolute atomic E-state index is 0.0705. The van der Waals surface area contributed by atoms with Crippen molar-refractivity contribution in [1.29, 1.82) is 0 Å². The third kappa shape index (κ3) is 3.92. The van der Waals surface area contributed by atoms with Gasteiger partial charge in [0, 0.05) is 4.47 Å². The van der Waals surface area contributed by atoms with E-state index >= 15 is 0 Å². The zero-order valence-corrected chi connectivity index (χ0v) is 12.8. The first kappa shape index (κ1) is 14.3. The molecule has 0 spiro atoms. The maximum atomic E-state index is 9.25. The number of aliphatic hydroxyl groups excluding tert-OH is 1. The van der Waals surface area contributed by atoms with Gasteiger partial charge >= 0.3 is 0 Å². The molecule has 0 aromatic heterocycles. The summed E-state index contributed by atoms with van der Waals surface area (Å²) >= 11 is 3.49. The predicted molar refractivity (Wildman–Crippen MR) is 84.1 cm³/mol. The van der Waals surface area contributed by atoms with Crippen LogP contribution in [0.25, 0.3) is 11.1 Å². The molecule has 2 rings (SSSR count). The smallest absolute Gasteiger partial charge is 0.0682 e. The van der Waals surface area contributed by atoms with Crippen LogP contribution in [0.2, 0.25) is 0 Å². The zero-order valence-electron chi connectivity index (χ0n) is 11.2. The Kier molecular flexibility index (Phi) is 5.17. The van der Waals surface area contributed by atoms with Crippen molar-refractivity contribution in [3.8, 4) is 11.1 Å². The van der Waals surface area contributed by atoms with Gasteiger partial charge in [0.2, 0.25) is 0 Å². The number of unbranched alkanes of at least 4 members (excludes halogenated alkanes) is 1. The van der Waals surface area contributed by atoms with E-state index in [1.54, 1.807) is 0 Å². The molecule has 0 aliphatic heterocycles. The number of halogens is 1. The van der Waals surface area contributed by atoms with Crippen molar-refractivity contribution in [1.82, 2.24) is 0 Å². The van der Waals surface area contributed by atoms with Crippen LogP contribution >= 0.6 is 15.9 Å². The van der Waals surface area contributed by atoms with Gasteiger partial charge in [0.15, 0.2) is 0 Å². The SMILES string of the molecule is CCCCc1ccc(-c2cc(Br)cc(CO)c2)cc1. The second kappa shape index (κ2) is 6.88. The molecule has 0 radical (unpaired) electrons. The molecule has 0 saturated carbocycles. The second-order valence-electron chi connectivity index (χ2n) is 4.81. The molecule has 0 saturated heterocycles. The predicted octanol–water partition coefficient (Wildman–Crippen LogP) is 4.95. The highest BCUT2D eigenvalue weighted by atomic mass is 79.9. The fourth-order valence-electron chi connectivity index (χ4n) is 2.15. The standard InChI is InChI=1S/C17H19BrO/c1-2-3-4-13-5-7-15(8-6-13)16-9-14(12-19)10-17(18)11-16/h5-11,19H,2-4,12H2,1H3. The lowest BCUT2D eigenvalue weighted by molar-refractivity contribution is 0.282.